The highest BCUT2D eigenvalue weighted by Gasteiger charge is 2.69. The molecule has 0 aliphatic heterocycles. The van der Waals surface area contributed by atoms with Crippen molar-refractivity contribution in [3.8, 4) is 5.69 Å². The molecule has 35 heavy (non-hydrogen) atoms. The van der Waals surface area contributed by atoms with Gasteiger partial charge in [0.25, 0.3) is 0 Å². The predicted molar refractivity (Wildman–Crippen MR) is 126 cm³/mol. The van der Waals surface area contributed by atoms with E-state index >= 15 is 0 Å². The van der Waals surface area contributed by atoms with E-state index in [1.54, 1.807) is 10.7 Å². The molecule has 8 atom stereocenters. The van der Waals surface area contributed by atoms with E-state index in [1.165, 1.54) is 17.8 Å². The first-order valence-corrected chi connectivity index (χ1v) is 12.5. The zero-order valence-corrected chi connectivity index (χ0v) is 20.3. The maximum absolute atomic E-state index is 13.4. The standard InChI is InChI=1S/C27H32FN3O4/c1-14-8-17-18-6-7-27(35,24(33)34)26(18,3)11-21(32)23(17)25(2)10-15-12-30-31(20(15)9-19(14)25)16-4-5-22(28)29-13-16/h4-5,9,12-14,17-18,21,23,32,35H,6-8,10-11H2,1-3H3,(H,33,34)/t14-,17-,18-,21-,23+,25-,26-,27-/m0/s1. The minimum atomic E-state index is -1.80. The summed E-state index contributed by atoms with van der Waals surface area (Å²) in [5.74, 6) is -1.32. The van der Waals surface area contributed by atoms with Crippen molar-refractivity contribution < 1.29 is 24.5 Å². The minimum absolute atomic E-state index is 0.0249. The van der Waals surface area contributed by atoms with Crippen LogP contribution in [0.15, 0.2) is 30.1 Å². The molecule has 0 radical (unpaired) electrons. The number of aliphatic carboxylic acids is 1. The van der Waals surface area contributed by atoms with E-state index in [1.807, 2.05) is 13.1 Å². The molecule has 3 N–H and O–H groups in total. The van der Waals surface area contributed by atoms with Crippen LogP contribution >= 0.6 is 0 Å². The van der Waals surface area contributed by atoms with Gasteiger partial charge in [-0.3, -0.25) is 0 Å². The monoisotopic (exact) mass is 481 g/mol. The number of allylic oxidation sites excluding steroid dienone is 1. The number of halogens is 1. The summed E-state index contributed by atoms with van der Waals surface area (Å²) in [7, 11) is 0. The number of fused-ring (bicyclic) bond motifs is 6. The molecule has 0 unspecified atom stereocenters. The van der Waals surface area contributed by atoms with Crippen LogP contribution in [0.2, 0.25) is 0 Å². The zero-order valence-electron chi connectivity index (χ0n) is 20.3. The zero-order chi connectivity index (χ0) is 24.9. The highest BCUT2D eigenvalue weighted by Crippen LogP contribution is 2.68. The summed E-state index contributed by atoms with van der Waals surface area (Å²) in [6.45, 7) is 6.31. The Morgan fingerprint density at radius 1 is 1.26 bits per heavy atom. The van der Waals surface area contributed by atoms with Gasteiger partial charge < -0.3 is 15.3 Å². The van der Waals surface area contributed by atoms with Crippen LogP contribution in [-0.4, -0.2) is 47.8 Å². The van der Waals surface area contributed by atoms with Gasteiger partial charge in [0.15, 0.2) is 5.60 Å². The minimum Gasteiger partial charge on any atom is -0.479 e. The van der Waals surface area contributed by atoms with Gasteiger partial charge in [0, 0.05) is 5.41 Å². The first kappa shape index (κ1) is 22.9. The molecule has 186 valence electrons. The number of carboxylic acid groups (broad SMARTS) is 1. The number of hydrogen-bond acceptors (Lipinski definition) is 5. The highest BCUT2D eigenvalue weighted by atomic mass is 19.1. The smallest absolute Gasteiger partial charge is 0.336 e. The van der Waals surface area contributed by atoms with Gasteiger partial charge >= 0.3 is 5.97 Å². The number of hydrogen-bond donors (Lipinski definition) is 3. The van der Waals surface area contributed by atoms with Crippen molar-refractivity contribution in [2.75, 3.05) is 0 Å². The van der Waals surface area contributed by atoms with E-state index in [2.05, 4.69) is 30.0 Å². The normalized spacial score (nSPS) is 41.9. The molecular formula is C27H32FN3O4. The Morgan fingerprint density at radius 2 is 2.03 bits per heavy atom. The summed E-state index contributed by atoms with van der Waals surface area (Å²) in [4.78, 5) is 15.9. The van der Waals surface area contributed by atoms with E-state index in [9.17, 15) is 24.5 Å². The molecule has 4 aliphatic carbocycles. The fraction of sp³-hybridized carbons (Fsp3) is 0.593. The quantitative estimate of drug-likeness (QED) is 0.566. The maximum Gasteiger partial charge on any atom is 0.336 e. The fourth-order valence-corrected chi connectivity index (χ4v) is 8.68. The van der Waals surface area contributed by atoms with Crippen molar-refractivity contribution in [3.63, 3.8) is 0 Å². The van der Waals surface area contributed by atoms with Gasteiger partial charge in [-0.05, 0) is 85.0 Å². The Morgan fingerprint density at radius 3 is 2.71 bits per heavy atom. The van der Waals surface area contributed by atoms with E-state index in [-0.39, 0.29) is 41.9 Å². The summed E-state index contributed by atoms with van der Waals surface area (Å²) in [5, 5.41) is 37.3. The highest BCUT2D eigenvalue weighted by molar-refractivity contribution is 5.79. The lowest BCUT2D eigenvalue weighted by atomic mass is 9.44. The second-order valence-corrected chi connectivity index (χ2v) is 11.8. The molecule has 2 aromatic heterocycles. The third-order valence-corrected chi connectivity index (χ3v) is 10.2. The number of aliphatic hydroxyl groups is 2. The van der Waals surface area contributed by atoms with E-state index < -0.39 is 29.0 Å². The van der Waals surface area contributed by atoms with E-state index in [4.69, 9.17) is 0 Å². The first-order chi connectivity index (χ1) is 16.5. The number of rotatable bonds is 2. The Kier molecular flexibility index (Phi) is 4.72. The van der Waals surface area contributed by atoms with Crippen LogP contribution in [0.4, 0.5) is 4.39 Å². The van der Waals surface area contributed by atoms with Crippen LogP contribution in [0.25, 0.3) is 11.8 Å². The van der Waals surface area contributed by atoms with E-state index in [0.717, 1.165) is 24.1 Å². The molecule has 3 saturated carbocycles. The first-order valence-electron chi connectivity index (χ1n) is 12.5. The van der Waals surface area contributed by atoms with Crippen molar-refractivity contribution in [3.05, 3.63) is 47.3 Å². The number of carboxylic acids is 1. The summed E-state index contributed by atoms with van der Waals surface area (Å²) < 4.78 is 15.2. The lowest BCUT2D eigenvalue weighted by Crippen LogP contribution is -2.62. The third kappa shape index (κ3) is 2.87. The predicted octanol–water partition coefficient (Wildman–Crippen LogP) is 3.62. The summed E-state index contributed by atoms with van der Waals surface area (Å²) in [6.07, 6.45) is 7.56. The van der Waals surface area contributed by atoms with Crippen LogP contribution in [0.5, 0.6) is 0 Å². The van der Waals surface area contributed by atoms with Crippen LogP contribution in [0.3, 0.4) is 0 Å². The topological polar surface area (TPSA) is 108 Å². The number of aromatic nitrogens is 3. The fourth-order valence-electron chi connectivity index (χ4n) is 8.68. The van der Waals surface area contributed by atoms with Crippen molar-refractivity contribution in [2.45, 2.75) is 64.6 Å². The third-order valence-electron chi connectivity index (χ3n) is 10.2. The molecule has 0 bridgehead atoms. The lowest BCUT2D eigenvalue weighted by Gasteiger charge is -2.61. The number of nitrogens with zero attached hydrogens (tertiary/aromatic N) is 3. The summed E-state index contributed by atoms with van der Waals surface area (Å²) in [6, 6.07) is 2.99. The van der Waals surface area contributed by atoms with Crippen molar-refractivity contribution in [1.29, 1.82) is 0 Å². The molecule has 0 saturated heterocycles. The second-order valence-electron chi connectivity index (χ2n) is 11.8. The van der Waals surface area contributed by atoms with Gasteiger partial charge in [-0.2, -0.15) is 9.49 Å². The summed E-state index contributed by atoms with van der Waals surface area (Å²) >= 11 is 0. The Hall–Kier alpha value is -2.58. The molecule has 0 aromatic carbocycles. The second kappa shape index (κ2) is 7.23. The van der Waals surface area contributed by atoms with Gasteiger partial charge in [0.05, 0.1) is 29.9 Å². The largest absolute Gasteiger partial charge is 0.479 e. The Labute approximate surface area is 203 Å². The number of aliphatic hydroxyl groups excluding tert-OH is 1. The lowest BCUT2D eigenvalue weighted by molar-refractivity contribution is -0.195. The Bertz CT molecular complexity index is 1240. The molecule has 4 aliphatic rings. The SMILES string of the molecule is C[C@H]1C[C@@H]2[C@H]([C@@H](O)C[C@@]3(C)[C@H]2CC[C@]3(O)C(=O)O)[C@@]2(C)Cc3cnn(-c4ccc(F)nc4)c3C=C12. The molecule has 0 amide bonds. The molecule has 7 nitrogen and oxygen atoms in total. The van der Waals surface area contributed by atoms with Crippen LogP contribution in [-0.2, 0) is 11.2 Å². The molecule has 8 heteroatoms. The van der Waals surface area contributed by atoms with Gasteiger partial charge in [0.2, 0.25) is 5.95 Å². The average Bonchev–Trinajstić information content (AvgIpc) is 3.31. The van der Waals surface area contributed by atoms with Crippen LogP contribution in [0.1, 0.15) is 57.7 Å². The van der Waals surface area contributed by atoms with Crippen LogP contribution < -0.4 is 0 Å². The maximum atomic E-state index is 13.4. The summed E-state index contributed by atoms with van der Waals surface area (Å²) in [5.41, 5.74) is 1.06. The van der Waals surface area contributed by atoms with Crippen molar-refractivity contribution >= 4 is 12.0 Å². The Balaban J connectivity index is 1.41. The average molecular weight is 482 g/mol. The molecule has 2 aromatic rings. The van der Waals surface area contributed by atoms with Gasteiger partial charge in [0.1, 0.15) is 0 Å². The van der Waals surface area contributed by atoms with Gasteiger partial charge in [-0.1, -0.05) is 26.3 Å². The number of carbonyl (C=O) groups is 1. The van der Waals surface area contributed by atoms with Gasteiger partial charge in [-0.15, -0.1) is 0 Å². The van der Waals surface area contributed by atoms with E-state index in [0.29, 0.717) is 12.1 Å². The molecular weight excluding hydrogens is 449 g/mol. The molecule has 3 fully saturated rings. The van der Waals surface area contributed by atoms with Gasteiger partial charge in [-0.25, -0.2) is 14.5 Å². The molecule has 2 heterocycles. The molecule has 0 spiro atoms. The van der Waals surface area contributed by atoms with Crippen molar-refractivity contribution in [2.24, 2.45) is 34.5 Å². The molecule has 6 rings (SSSR count). The number of pyridine rings is 1. The van der Waals surface area contributed by atoms with Crippen LogP contribution in [0, 0.1) is 40.4 Å². The van der Waals surface area contributed by atoms with Crippen molar-refractivity contribution in [1.82, 2.24) is 14.8 Å².